The summed E-state index contributed by atoms with van der Waals surface area (Å²) in [6.07, 6.45) is 1.67. The fourth-order valence-electron chi connectivity index (χ4n) is 1.43. The smallest absolute Gasteiger partial charge is 0.216 e. The Kier molecular flexibility index (Phi) is 4.65. The van der Waals surface area contributed by atoms with Gasteiger partial charge in [-0.3, -0.25) is 0 Å². The van der Waals surface area contributed by atoms with Crippen LogP contribution in [-0.2, 0) is 15.6 Å². The maximum absolute atomic E-state index is 12.1. The minimum absolute atomic E-state index is 0.420. The van der Waals surface area contributed by atoms with Gasteiger partial charge in [0, 0.05) is 18.1 Å². The summed E-state index contributed by atoms with van der Waals surface area (Å²) in [6.45, 7) is 5.73. The molecule has 1 aromatic heterocycles. The van der Waals surface area contributed by atoms with E-state index in [0.29, 0.717) is 6.54 Å². The van der Waals surface area contributed by atoms with E-state index in [9.17, 15) is 8.42 Å². The van der Waals surface area contributed by atoms with Gasteiger partial charge in [0.15, 0.2) is 0 Å². The summed E-state index contributed by atoms with van der Waals surface area (Å²) in [5.74, 6) is 0. The Balaban J connectivity index is 2.84. The molecule has 98 valence electrons. The zero-order chi connectivity index (χ0) is 13.1. The van der Waals surface area contributed by atoms with Gasteiger partial charge >= 0.3 is 0 Å². The molecule has 1 atom stereocenters. The van der Waals surface area contributed by atoms with Crippen molar-refractivity contribution in [3.63, 3.8) is 0 Å². The predicted molar refractivity (Wildman–Crippen MR) is 70.6 cm³/mol. The molecule has 0 bridgehead atoms. The van der Waals surface area contributed by atoms with Crippen molar-refractivity contribution in [3.05, 3.63) is 16.6 Å². The van der Waals surface area contributed by atoms with Gasteiger partial charge in [0.1, 0.15) is 5.01 Å². The number of hydrogen-bond donors (Lipinski definition) is 2. The van der Waals surface area contributed by atoms with E-state index in [1.807, 2.05) is 19.2 Å². The van der Waals surface area contributed by atoms with Crippen LogP contribution in [0.3, 0.4) is 0 Å². The van der Waals surface area contributed by atoms with E-state index in [1.54, 1.807) is 20.2 Å². The molecule has 0 amide bonds. The average molecular weight is 277 g/mol. The van der Waals surface area contributed by atoms with E-state index in [2.05, 4.69) is 15.0 Å². The van der Waals surface area contributed by atoms with E-state index < -0.39 is 20.8 Å². The summed E-state index contributed by atoms with van der Waals surface area (Å²) in [5.41, 5.74) is -0.672. The van der Waals surface area contributed by atoms with Crippen LogP contribution in [0.25, 0.3) is 0 Å². The number of nitrogens with one attached hydrogen (secondary N) is 2. The molecule has 5 nitrogen and oxygen atoms in total. The molecule has 1 unspecified atom stereocenters. The third-order valence-electron chi connectivity index (χ3n) is 2.39. The SMILES string of the molecule is CNCC(C)S(=O)(=O)NC(C)(C)c1nccs1. The van der Waals surface area contributed by atoms with Gasteiger partial charge in [-0.1, -0.05) is 0 Å². The molecule has 7 heteroatoms. The molecule has 1 rings (SSSR count). The minimum atomic E-state index is -3.35. The van der Waals surface area contributed by atoms with Crippen LogP contribution in [0.4, 0.5) is 0 Å². The van der Waals surface area contributed by atoms with Crippen LogP contribution in [0.15, 0.2) is 11.6 Å². The summed E-state index contributed by atoms with van der Waals surface area (Å²) in [4.78, 5) is 4.15. The van der Waals surface area contributed by atoms with Gasteiger partial charge < -0.3 is 5.32 Å². The molecule has 0 aliphatic rings. The first kappa shape index (κ1) is 14.6. The van der Waals surface area contributed by atoms with Crippen LogP contribution >= 0.6 is 11.3 Å². The minimum Gasteiger partial charge on any atom is -0.318 e. The lowest BCUT2D eigenvalue weighted by molar-refractivity contribution is 0.463. The van der Waals surface area contributed by atoms with Crippen molar-refractivity contribution in [1.29, 1.82) is 0 Å². The molecule has 0 fully saturated rings. The number of rotatable bonds is 6. The van der Waals surface area contributed by atoms with Crippen molar-refractivity contribution in [2.24, 2.45) is 0 Å². The normalized spacial score (nSPS) is 14.8. The van der Waals surface area contributed by atoms with Crippen LogP contribution < -0.4 is 10.0 Å². The molecule has 0 aromatic carbocycles. The van der Waals surface area contributed by atoms with Crippen molar-refractivity contribution in [3.8, 4) is 0 Å². The quantitative estimate of drug-likeness (QED) is 0.810. The highest BCUT2D eigenvalue weighted by molar-refractivity contribution is 7.90. The van der Waals surface area contributed by atoms with Gasteiger partial charge in [0.2, 0.25) is 10.0 Å². The van der Waals surface area contributed by atoms with E-state index in [0.717, 1.165) is 5.01 Å². The lowest BCUT2D eigenvalue weighted by Crippen LogP contribution is -2.46. The summed E-state index contributed by atoms with van der Waals surface area (Å²) in [7, 11) is -1.62. The van der Waals surface area contributed by atoms with E-state index in [-0.39, 0.29) is 0 Å². The highest BCUT2D eigenvalue weighted by Gasteiger charge is 2.31. The molecule has 0 aliphatic heterocycles. The van der Waals surface area contributed by atoms with Crippen LogP contribution in [0.1, 0.15) is 25.8 Å². The Morgan fingerprint density at radius 1 is 1.53 bits per heavy atom. The number of hydrogen-bond acceptors (Lipinski definition) is 5. The molecule has 0 radical (unpaired) electrons. The summed E-state index contributed by atoms with van der Waals surface area (Å²) in [5, 5.41) is 4.98. The summed E-state index contributed by atoms with van der Waals surface area (Å²) < 4.78 is 26.8. The molecule has 0 aliphatic carbocycles. The first-order chi connectivity index (χ1) is 7.79. The molecular formula is C10H19N3O2S2. The van der Waals surface area contributed by atoms with Crippen molar-refractivity contribution >= 4 is 21.4 Å². The fourth-order valence-corrected chi connectivity index (χ4v) is 3.61. The Morgan fingerprint density at radius 3 is 2.65 bits per heavy atom. The average Bonchev–Trinajstić information content (AvgIpc) is 2.69. The summed E-state index contributed by atoms with van der Waals surface area (Å²) in [6, 6.07) is 0. The Hall–Kier alpha value is -0.500. The van der Waals surface area contributed by atoms with Gasteiger partial charge in [0.05, 0.1) is 10.8 Å². The lowest BCUT2D eigenvalue weighted by atomic mass is 10.1. The van der Waals surface area contributed by atoms with Crippen molar-refractivity contribution in [1.82, 2.24) is 15.0 Å². The monoisotopic (exact) mass is 277 g/mol. The molecule has 0 saturated carbocycles. The van der Waals surface area contributed by atoms with Crippen LogP contribution in [0.5, 0.6) is 0 Å². The molecule has 0 spiro atoms. The second kappa shape index (κ2) is 5.43. The van der Waals surface area contributed by atoms with Crippen molar-refractivity contribution in [2.45, 2.75) is 31.6 Å². The van der Waals surface area contributed by atoms with Crippen LogP contribution in [0.2, 0.25) is 0 Å². The first-order valence-corrected chi connectivity index (χ1v) is 7.79. The van der Waals surface area contributed by atoms with Crippen molar-refractivity contribution in [2.75, 3.05) is 13.6 Å². The zero-order valence-electron chi connectivity index (χ0n) is 10.5. The maximum atomic E-state index is 12.1. The van der Waals surface area contributed by atoms with Crippen molar-refractivity contribution < 1.29 is 8.42 Å². The summed E-state index contributed by atoms with van der Waals surface area (Å²) >= 11 is 1.44. The molecule has 1 heterocycles. The standard InChI is InChI=1S/C10H19N3O2S2/c1-8(7-11-4)17(14,15)13-10(2,3)9-12-5-6-16-9/h5-6,8,11,13H,7H2,1-4H3. The maximum Gasteiger partial charge on any atom is 0.216 e. The predicted octanol–water partition coefficient (Wildman–Crippen LogP) is 0.906. The molecule has 2 N–H and O–H groups in total. The molecule has 0 saturated heterocycles. The molecule has 1 aromatic rings. The number of sulfonamides is 1. The van der Waals surface area contributed by atoms with Gasteiger partial charge in [-0.2, -0.15) is 0 Å². The van der Waals surface area contributed by atoms with Gasteiger partial charge in [-0.15, -0.1) is 11.3 Å². The highest BCUT2D eigenvalue weighted by atomic mass is 32.2. The third-order valence-corrected chi connectivity index (χ3v) is 5.50. The van der Waals surface area contributed by atoms with E-state index in [1.165, 1.54) is 11.3 Å². The Bertz CT molecular complexity index is 440. The second-order valence-electron chi connectivity index (χ2n) is 4.48. The molecule has 17 heavy (non-hydrogen) atoms. The second-order valence-corrected chi connectivity index (χ2v) is 7.47. The van der Waals surface area contributed by atoms with Crippen LogP contribution in [-0.4, -0.2) is 32.2 Å². The molecular weight excluding hydrogens is 258 g/mol. The van der Waals surface area contributed by atoms with E-state index >= 15 is 0 Å². The largest absolute Gasteiger partial charge is 0.318 e. The Labute approximate surface area is 107 Å². The first-order valence-electron chi connectivity index (χ1n) is 5.37. The number of aromatic nitrogens is 1. The van der Waals surface area contributed by atoms with Gasteiger partial charge in [0.25, 0.3) is 0 Å². The Morgan fingerprint density at radius 2 is 2.18 bits per heavy atom. The van der Waals surface area contributed by atoms with E-state index in [4.69, 9.17) is 0 Å². The topological polar surface area (TPSA) is 71.1 Å². The zero-order valence-corrected chi connectivity index (χ0v) is 12.2. The highest BCUT2D eigenvalue weighted by Crippen LogP contribution is 2.23. The van der Waals surface area contributed by atoms with Crippen LogP contribution in [0, 0.1) is 0 Å². The third kappa shape index (κ3) is 3.74. The fraction of sp³-hybridized carbons (Fsp3) is 0.700. The van der Waals surface area contributed by atoms with Gasteiger partial charge in [-0.05, 0) is 27.8 Å². The number of nitrogens with zero attached hydrogens (tertiary/aromatic N) is 1. The lowest BCUT2D eigenvalue weighted by Gasteiger charge is -2.25. The van der Waals surface area contributed by atoms with Gasteiger partial charge in [-0.25, -0.2) is 18.1 Å². The number of thiazole rings is 1.